The van der Waals surface area contributed by atoms with Crippen LogP contribution in [-0.4, -0.2) is 91.7 Å². The van der Waals surface area contributed by atoms with Crippen LogP contribution in [0.25, 0.3) is 0 Å². The first-order valence-electron chi connectivity index (χ1n) is 12.8. The highest BCUT2D eigenvalue weighted by Gasteiger charge is 2.40. The number of likely N-dealkylation sites (N-methyl/N-ethyl adjacent to an activating group) is 1. The highest BCUT2D eigenvalue weighted by atomic mass is 16.4. The number of nitrogens with zero attached hydrogens (tertiary/aromatic N) is 2. The van der Waals surface area contributed by atoms with Crippen LogP contribution >= 0.6 is 0 Å². The number of aryl methyl sites for hydroxylation is 4. The van der Waals surface area contributed by atoms with Gasteiger partial charge in [-0.05, 0) is 51.9 Å². The Morgan fingerprint density at radius 3 is 1.88 bits per heavy atom. The summed E-state index contributed by atoms with van der Waals surface area (Å²) in [5.41, 5.74) is 9.80. The minimum Gasteiger partial charge on any atom is -0.390 e. The Balaban J connectivity index is 0. The first-order valence-corrected chi connectivity index (χ1v) is 12.8. The fourth-order valence-corrected chi connectivity index (χ4v) is 3.21. The third-order valence-corrected chi connectivity index (χ3v) is 5.66. The number of nitrogens with two attached hydrogens (primary N) is 2. The number of aldehydes is 2. The summed E-state index contributed by atoms with van der Waals surface area (Å²) in [5, 5.41) is 29.6. The molecule has 2 aromatic rings. The van der Waals surface area contributed by atoms with Crippen molar-refractivity contribution in [1.82, 2.24) is 14.5 Å². The molecule has 1 heterocycles. The fourth-order valence-electron chi connectivity index (χ4n) is 3.21. The summed E-state index contributed by atoms with van der Waals surface area (Å²) in [6.45, 7) is 13.6. The summed E-state index contributed by atoms with van der Waals surface area (Å²) in [6, 6.07) is 4.65. The first-order chi connectivity index (χ1) is 19.4. The Morgan fingerprint density at radius 1 is 1.10 bits per heavy atom. The van der Waals surface area contributed by atoms with Crippen molar-refractivity contribution in [2.24, 2.45) is 18.5 Å². The molecule has 236 valence electrons. The molecule has 1 unspecified atom stereocenters. The number of primary amides is 2. The third-order valence-electron chi connectivity index (χ3n) is 5.66. The minimum absolute atomic E-state index is 0.0128. The number of aromatic nitrogens is 2. The average Bonchev–Trinajstić information content (AvgIpc) is 2.90. The highest BCUT2D eigenvalue weighted by molar-refractivity contribution is 5.93. The van der Waals surface area contributed by atoms with Crippen LogP contribution < -0.4 is 28.0 Å². The zero-order chi connectivity index (χ0) is 33.2. The van der Waals surface area contributed by atoms with Crippen molar-refractivity contribution in [3.8, 4) is 0 Å². The van der Waals surface area contributed by atoms with Gasteiger partial charge in [0.1, 0.15) is 6.10 Å². The van der Waals surface area contributed by atoms with Gasteiger partial charge < -0.3 is 41.5 Å². The molecule has 0 aliphatic heterocycles. The van der Waals surface area contributed by atoms with Gasteiger partial charge in [0.2, 0.25) is 5.91 Å². The van der Waals surface area contributed by atoms with Crippen LogP contribution in [-0.2, 0) is 21.4 Å². The lowest BCUT2D eigenvalue weighted by Crippen LogP contribution is -2.53. The van der Waals surface area contributed by atoms with E-state index in [-0.39, 0.29) is 29.7 Å². The molecule has 15 nitrogen and oxygen atoms in total. The number of urea groups is 1. The Labute approximate surface area is 244 Å². The van der Waals surface area contributed by atoms with Gasteiger partial charge >= 0.3 is 11.7 Å². The van der Waals surface area contributed by atoms with E-state index in [0.717, 1.165) is 36.8 Å². The van der Waals surface area contributed by atoms with E-state index >= 15 is 0 Å². The highest BCUT2D eigenvalue weighted by Crippen LogP contribution is 2.21. The molecule has 1 aromatic carbocycles. The topological polar surface area (TPSA) is 251 Å². The molecule has 0 saturated carbocycles. The number of aliphatic hydroxyl groups excluding tert-OH is 2. The number of carbonyl (C=O) groups excluding carboxylic acids is 4. The van der Waals surface area contributed by atoms with Crippen molar-refractivity contribution in [3.63, 3.8) is 0 Å². The van der Waals surface area contributed by atoms with Gasteiger partial charge in [-0.2, -0.15) is 0 Å². The van der Waals surface area contributed by atoms with Gasteiger partial charge in [-0.15, -0.1) is 0 Å². The second kappa shape index (κ2) is 19.8. The van der Waals surface area contributed by atoms with Gasteiger partial charge in [-0.25, -0.2) is 9.59 Å². The summed E-state index contributed by atoms with van der Waals surface area (Å²) in [5.74, 6) is 0.0637. The SMILES string of the molecule is CCN(CC)CC(=O)Nc1c(C)cc(C)cc1C.C[C@H](O)C(O)(C=O)[C@@H](O)C=O.Cn1ccc(=O)[nH]c1=O.NC(N)=O. The zero-order valence-electron chi connectivity index (χ0n) is 25.1. The maximum Gasteiger partial charge on any atom is 0.328 e. The molecule has 0 spiro atoms. The summed E-state index contributed by atoms with van der Waals surface area (Å²) < 4.78 is 1.29. The molecule has 15 heteroatoms. The van der Waals surface area contributed by atoms with Gasteiger partial charge in [-0.3, -0.25) is 24.3 Å². The molecule has 9 N–H and O–H groups in total. The van der Waals surface area contributed by atoms with E-state index in [1.54, 1.807) is 7.05 Å². The van der Waals surface area contributed by atoms with Gasteiger partial charge in [0.05, 0.1) is 12.6 Å². The Bertz CT molecular complexity index is 1240. The zero-order valence-corrected chi connectivity index (χ0v) is 25.1. The molecule has 3 amide bonds. The van der Waals surface area contributed by atoms with Crippen molar-refractivity contribution in [2.75, 3.05) is 25.0 Å². The number of anilines is 1. The van der Waals surface area contributed by atoms with Crippen molar-refractivity contribution in [2.45, 2.75) is 59.4 Å². The monoisotopic (exact) mass is 596 g/mol. The maximum absolute atomic E-state index is 12.0. The second-order valence-electron chi connectivity index (χ2n) is 9.17. The smallest absolute Gasteiger partial charge is 0.328 e. The molecule has 3 atom stereocenters. The second-order valence-corrected chi connectivity index (χ2v) is 9.17. The van der Waals surface area contributed by atoms with E-state index in [9.17, 15) is 24.0 Å². The van der Waals surface area contributed by atoms with Gasteiger partial charge in [0, 0.05) is 25.0 Å². The molecule has 2 rings (SSSR count). The number of benzene rings is 1. The molecule has 42 heavy (non-hydrogen) atoms. The molecule has 0 radical (unpaired) electrons. The van der Waals surface area contributed by atoms with Crippen LogP contribution in [0, 0.1) is 20.8 Å². The summed E-state index contributed by atoms with van der Waals surface area (Å²) in [6.07, 6.45) is -2.03. The number of hydrogen-bond donors (Lipinski definition) is 7. The summed E-state index contributed by atoms with van der Waals surface area (Å²) in [7, 11) is 1.57. The van der Waals surface area contributed by atoms with Crippen LogP contribution in [0.15, 0.2) is 34.0 Å². The van der Waals surface area contributed by atoms with Crippen molar-refractivity contribution < 1.29 is 34.5 Å². The number of amides is 3. The van der Waals surface area contributed by atoms with Crippen molar-refractivity contribution in [1.29, 1.82) is 0 Å². The number of H-pyrrole nitrogens is 1. The van der Waals surface area contributed by atoms with E-state index in [1.165, 1.54) is 22.4 Å². The van der Waals surface area contributed by atoms with E-state index in [4.69, 9.17) is 20.1 Å². The average molecular weight is 597 g/mol. The van der Waals surface area contributed by atoms with Gasteiger partial charge in [0.15, 0.2) is 18.2 Å². The number of carbonyl (C=O) groups is 4. The number of hydrogen-bond acceptors (Lipinski definition) is 10. The molecule has 0 saturated heterocycles. The van der Waals surface area contributed by atoms with Crippen LogP contribution in [0.1, 0.15) is 37.5 Å². The Hall–Kier alpha value is -4.18. The molecule has 0 bridgehead atoms. The standard InChI is InChI=1S/C15H24N2O.C6H10O5.C5H6N2O2.CH4N2O/c1-6-17(7-2)10-14(18)16-15-12(4)8-11(3)9-13(15)5;1-4(9)6(11,3-8)5(10)2-7;1-7-3-2-4(8)6-5(7)9;2-1(3)4/h8-9H,6-7,10H2,1-5H3,(H,16,18);2-5,9-11H,1H3;2-3H,1H3,(H,6,8,9);(H4,2,3,4)/t;4-,5-,6?;;/m.0../s1. The lowest BCUT2D eigenvalue weighted by atomic mass is 9.94. The lowest BCUT2D eigenvalue weighted by Gasteiger charge is -2.26. The fraction of sp³-hybridized carbons (Fsp3) is 0.481. The molecule has 0 aliphatic carbocycles. The minimum atomic E-state index is -2.39. The normalized spacial score (nSPS) is 12.8. The van der Waals surface area contributed by atoms with Crippen LogP contribution in [0.5, 0.6) is 0 Å². The number of aromatic amines is 1. The number of nitrogens with one attached hydrogen (secondary N) is 2. The van der Waals surface area contributed by atoms with Crippen LogP contribution in [0.4, 0.5) is 10.5 Å². The summed E-state index contributed by atoms with van der Waals surface area (Å²) in [4.78, 5) is 66.2. The van der Waals surface area contributed by atoms with Crippen LogP contribution in [0.3, 0.4) is 0 Å². The largest absolute Gasteiger partial charge is 0.390 e. The first kappa shape index (κ1) is 40.0. The van der Waals surface area contributed by atoms with E-state index in [1.807, 2.05) is 13.8 Å². The number of rotatable bonds is 9. The molecule has 0 fully saturated rings. The van der Waals surface area contributed by atoms with Crippen molar-refractivity contribution in [3.05, 3.63) is 61.9 Å². The lowest BCUT2D eigenvalue weighted by molar-refractivity contribution is -0.160. The van der Waals surface area contributed by atoms with Crippen molar-refractivity contribution >= 4 is 30.2 Å². The van der Waals surface area contributed by atoms with E-state index in [0.29, 0.717) is 6.54 Å². The summed E-state index contributed by atoms with van der Waals surface area (Å²) >= 11 is 0. The van der Waals surface area contributed by atoms with E-state index in [2.05, 4.69) is 59.6 Å². The number of aliphatic hydroxyl groups is 3. The molecular formula is C27H44N6O9. The van der Waals surface area contributed by atoms with E-state index < -0.39 is 23.8 Å². The van der Waals surface area contributed by atoms with Gasteiger partial charge in [-0.1, -0.05) is 31.5 Å². The quantitative estimate of drug-likeness (QED) is 0.171. The molecule has 0 aliphatic rings. The molecular weight excluding hydrogens is 552 g/mol. The Morgan fingerprint density at radius 2 is 1.57 bits per heavy atom. The predicted molar refractivity (Wildman–Crippen MR) is 158 cm³/mol. The maximum atomic E-state index is 12.0. The predicted octanol–water partition coefficient (Wildman–Crippen LogP) is -1.15. The Kier molecular flexibility index (Phi) is 18.9. The van der Waals surface area contributed by atoms with Crippen LogP contribution in [0.2, 0.25) is 0 Å². The molecule has 1 aromatic heterocycles. The van der Waals surface area contributed by atoms with Gasteiger partial charge in [0.25, 0.3) is 5.56 Å². The third kappa shape index (κ3) is 15.0.